The van der Waals surface area contributed by atoms with Crippen molar-refractivity contribution in [2.45, 2.75) is 25.7 Å². The predicted octanol–water partition coefficient (Wildman–Crippen LogP) is 3.11. The molecule has 6 heteroatoms. The van der Waals surface area contributed by atoms with Gasteiger partial charge in [-0.3, -0.25) is 4.79 Å². The Labute approximate surface area is 146 Å². The van der Waals surface area contributed by atoms with Crippen LogP contribution in [0.2, 0.25) is 0 Å². The molecule has 5 nitrogen and oxygen atoms in total. The van der Waals surface area contributed by atoms with Crippen molar-refractivity contribution in [3.05, 3.63) is 40.9 Å². The first-order valence-electron chi connectivity index (χ1n) is 8.38. The van der Waals surface area contributed by atoms with Gasteiger partial charge in [0.1, 0.15) is 5.75 Å². The van der Waals surface area contributed by atoms with Gasteiger partial charge in [0.2, 0.25) is 0 Å². The maximum atomic E-state index is 12.3. The molecule has 2 aromatic rings. The number of anilines is 1. The standard InChI is InChI=1S/C18H23N3O2S/c1-23-16-8-4-3-7-15(16)17(22)19-10-9-14-13-24-18(20-14)21-11-5-2-6-12-21/h3-4,7-8,13H,2,5-6,9-12H2,1H3,(H,19,22). The molecule has 1 N–H and O–H groups in total. The summed E-state index contributed by atoms with van der Waals surface area (Å²) in [5.74, 6) is 0.481. The molecule has 1 aromatic heterocycles. The Balaban J connectivity index is 1.51. The van der Waals surface area contributed by atoms with E-state index >= 15 is 0 Å². The lowest BCUT2D eigenvalue weighted by molar-refractivity contribution is 0.0951. The molecule has 1 aliphatic rings. The minimum atomic E-state index is -0.112. The molecular formula is C18H23N3O2S. The molecule has 0 atom stereocenters. The second-order valence-electron chi connectivity index (χ2n) is 5.88. The molecular weight excluding hydrogens is 322 g/mol. The molecule has 0 saturated carbocycles. The molecule has 1 amide bonds. The van der Waals surface area contributed by atoms with E-state index in [2.05, 4.69) is 15.6 Å². The molecule has 0 radical (unpaired) electrons. The molecule has 0 unspecified atom stereocenters. The van der Waals surface area contributed by atoms with Gasteiger partial charge in [0, 0.05) is 31.4 Å². The Kier molecular flexibility index (Phi) is 5.69. The fraction of sp³-hybridized carbons (Fsp3) is 0.444. The normalized spacial score (nSPS) is 14.5. The van der Waals surface area contributed by atoms with Crippen LogP contribution in [0.5, 0.6) is 5.75 Å². The van der Waals surface area contributed by atoms with Crippen LogP contribution in [-0.4, -0.2) is 37.6 Å². The highest BCUT2D eigenvalue weighted by Crippen LogP contribution is 2.24. The highest BCUT2D eigenvalue weighted by Gasteiger charge is 2.15. The molecule has 0 bridgehead atoms. The highest BCUT2D eigenvalue weighted by atomic mass is 32.1. The monoisotopic (exact) mass is 345 g/mol. The third-order valence-electron chi connectivity index (χ3n) is 4.18. The van der Waals surface area contributed by atoms with Gasteiger partial charge in [0.15, 0.2) is 5.13 Å². The largest absolute Gasteiger partial charge is 0.496 e. The fourth-order valence-corrected chi connectivity index (χ4v) is 3.79. The van der Waals surface area contributed by atoms with Crippen molar-refractivity contribution < 1.29 is 9.53 Å². The van der Waals surface area contributed by atoms with Gasteiger partial charge in [0.05, 0.1) is 18.4 Å². The van der Waals surface area contributed by atoms with Gasteiger partial charge in [0.25, 0.3) is 5.91 Å². The average Bonchev–Trinajstić information content (AvgIpc) is 3.11. The zero-order chi connectivity index (χ0) is 16.8. The average molecular weight is 345 g/mol. The molecule has 3 rings (SSSR count). The van der Waals surface area contributed by atoms with Crippen molar-refractivity contribution in [2.75, 3.05) is 31.6 Å². The molecule has 0 spiro atoms. The topological polar surface area (TPSA) is 54.5 Å². The summed E-state index contributed by atoms with van der Waals surface area (Å²) in [4.78, 5) is 19.3. The van der Waals surface area contributed by atoms with Crippen LogP contribution < -0.4 is 15.0 Å². The molecule has 1 aromatic carbocycles. The molecule has 128 valence electrons. The first-order valence-corrected chi connectivity index (χ1v) is 9.26. The van der Waals surface area contributed by atoms with Crippen LogP contribution >= 0.6 is 11.3 Å². The summed E-state index contributed by atoms with van der Waals surface area (Å²) in [5.41, 5.74) is 1.60. The van der Waals surface area contributed by atoms with E-state index in [1.165, 1.54) is 19.3 Å². The Morgan fingerprint density at radius 2 is 2.08 bits per heavy atom. The lowest BCUT2D eigenvalue weighted by atomic mass is 10.1. The summed E-state index contributed by atoms with van der Waals surface area (Å²) in [5, 5.41) is 6.15. The highest BCUT2D eigenvalue weighted by molar-refractivity contribution is 7.13. The van der Waals surface area contributed by atoms with Crippen LogP contribution in [0.3, 0.4) is 0 Å². The van der Waals surface area contributed by atoms with Gasteiger partial charge in [-0.25, -0.2) is 4.98 Å². The number of hydrogen-bond acceptors (Lipinski definition) is 5. The Hall–Kier alpha value is -2.08. The van der Waals surface area contributed by atoms with Gasteiger partial charge in [-0.2, -0.15) is 0 Å². The minimum absolute atomic E-state index is 0.112. The van der Waals surface area contributed by atoms with Crippen LogP contribution in [0.15, 0.2) is 29.6 Å². The van der Waals surface area contributed by atoms with E-state index in [0.29, 0.717) is 17.9 Å². The third kappa shape index (κ3) is 4.06. The maximum absolute atomic E-state index is 12.3. The summed E-state index contributed by atoms with van der Waals surface area (Å²) >= 11 is 1.70. The number of rotatable bonds is 6. The second kappa shape index (κ2) is 8.15. The summed E-state index contributed by atoms with van der Waals surface area (Å²) < 4.78 is 5.22. The number of carbonyl (C=O) groups excluding carboxylic acids is 1. The number of nitrogens with one attached hydrogen (secondary N) is 1. The van der Waals surface area contributed by atoms with Crippen molar-refractivity contribution >= 4 is 22.4 Å². The maximum Gasteiger partial charge on any atom is 0.255 e. The van der Waals surface area contributed by atoms with Gasteiger partial charge in [-0.15, -0.1) is 11.3 Å². The zero-order valence-electron chi connectivity index (χ0n) is 14.0. The summed E-state index contributed by atoms with van der Waals surface area (Å²) in [7, 11) is 1.57. The van der Waals surface area contributed by atoms with Crippen molar-refractivity contribution in [1.29, 1.82) is 0 Å². The molecule has 1 fully saturated rings. The van der Waals surface area contributed by atoms with E-state index in [4.69, 9.17) is 9.72 Å². The number of nitrogens with zero attached hydrogens (tertiary/aromatic N) is 2. The van der Waals surface area contributed by atoms with E-state index in [1.54, 1.807) is 30.6 Å². The van der Waals surface area contributed by atoms with E-state index in [1.807, 2.05) is 12.1 Å². The number of piperidine rings is 1. The van der Waals surface area contributed by atoms with Gasteiger partial charge in [-0.05, 0) is 31.4 Å². The molecule has 1 saturated heterocycles. The number of benzene rings is 1. The second-order valence-corrected chi connectivity index (χ2v) is 6.71. The number of para-hydroxylation sites is 1. The van der Waals surface area contributed by atoms with Crippen LogP contribution in [0.4, 0.5) is 5.13 Å². The summed E-state index contributed by atoms with van der Waals surface area (Å²) in [6.07, 6.45) is 4.57. The Bertz CT molecular complexity index is 680. The van der Waals surface area contributed by atoms with Crippen LogP contribution in [-0.2, 0) is 6.42 Å². The van der Waals surface area contributed by atoms with Crippen molar-refractivity contribution in [3.8, 4) is 5.75 Å². The Morgan fingerprint density at radius 1 is 1.29 bits per heavy atom. The van der Waals surface area contributed by atoms with Gasteiger partial charge >= 0.3 is 0 Å². The van der Waals surface area contributed by atoms with Crippen LogP contribution in [0.1, 0.15) is 35.3 Å². The van der Waals surface area contributed by atoms with E-state index < -0.39 is 0 Å². The van der Waals surface area contributed by atoms with Crippen LogP contribution in [0, 0.1) is 0 Å². The Morgan fingerprint density at radius 3 is 2.88 bits per heavy atom. The summed E-state index contributed by atoms with van der Waals surface area (Å²) in [6.45, 7) is 2.79. The number of methoxy groups -OCH3 is 1. The summed E-state index contributed by atoms with van der Waals surface area (Å²) in [6, 6.07) is 7.25. The van der Waals surface area contributed by atoms with Crippen LogP contribution in [0.25, 0.3) is 0 Å². The third-order valence-corrected chi connectivity index (χ3v) is 5.13. The van der Waals surface area contributed by atoms with E-state index in [-0.39, 0.29) is 5.91 Å². The van der Waals surface area contributed by atoms with E-state index in [0.717, 1.165) is 30.3 Å². The van der Waals surface area contributed by atoms with E-state index in [9.17, 15) is 4.79 Å². The van der Waals surface area contributed by atoms with Crippen molar-refractivity contribution in [2.24, 2.45) is 0 Å². The number of aromatic nitrogens is 1. The fourth-order valence-electron chi connectivity index (χ4n) is 2.87. The SMILES string of the molecule is COc1ccccc1C(=O)NCCc1csc(N2CCCCC2)n1. The van der Waals surface area contributed by atoms with Crippen molar-refractivity contribution in [1.82, 2.24) is 10.3 Å². The first-order chi connectivity index (χ1) is 11.8. The zero-order valence-corrected chi connectivity index (χ0v) is 14.8. The molecule has 1 aliphatic heterocycles. The first kappa shape index (κ1) is 16.8. The van der Waals surface area contributed by atoms with Gasteiger partial charge in [-0.1, -0.05) is 12.1 Å². The molecule has 0 aliphatic carbocycles. The van der Waals surface area contributed by atoms with Crippen molar-refractivity contribution in [3.63, 3.8) is 0 Å². The number of thiazole rings is 1. The molecule has 24 heavy (non-hydrogen) atoms. The number of amides is 1. The smallest absolute Gasteiger partial charge is 0.255 e. The predicted molar refractivity (Wildman–Crippen MR) is 97.2 cm³/mol. The minimum Gasteiger partial charge on any atom is -0.496 e. The lowest BCUT2D eigenvalue weighted by Gasteiger charge is -2.25. The lowest BCUT2D eigenvalue weighted by Crippen LogP contribution is -2.29. The number of hydrogen-bond donors (Lipinski definition) is 1. The van der Waals surface area contributed by atoms with Gasteiger partial charge < -0.3 is 15.0 Å². The number of carbonyl (C=O) groups is 1. The quantitative estimate of drug-likeness (QED) is 0.874. The number of ether oxygens (including phenoxy) is 1. The molecule has 2 heterocycles.